The Balaban J connectivity index is 1.55. The highest BCUT2D eigenvalue weighted by Crippen LogP contribution is 2.22. The maximum Gasteiger partial charge on any atom is 0.306 e. The molecule has 2 rings (SSSR count). The van der Waals surface area contributed by atoms with Crippen LogP contribution in [-0.2, 0) is 16.1 Å². The fourth-order valence-electron chi connectivity index (χ4n) is 3.09. The summed E-state index contributed by atoms with van der Waals surface area (Å²) in [7, 11) is 0. The molecule has 0 spiro atoms. The summed E-state index contributed by atoms with van der Waals surface area (Å²) in [6.07, 6.45) is 10.0. The topological polar surface area (TPSA) is 59.3 Å². The molecule has 2 aromatic carbocycles. The third-order valence-electron chi connectivity index (χ3n) is 4.70. The van der Waals surface area contributed by atoms with Crippen LogP contribution in [-0.4, -0.2) is 5.97 Å². The van der Waals surface area contributed by atoms with Gasteiger partial charge in [0, 0.05) is 12.8 Å². The number of hydrogen-bond acceptors (Lipinski definition) is 4. The molecule has 29 heavy (non-hydrogen) atoms. The zero-order chi connectivity index (χ0) is 20.6. The van der Waals surface area contributed by atoms with E-state index in [4.69, 9.17) is 14.7 Å². The number of rotatable bonds is 14. The Labute approximate surface area is 174 Å². The summed E-state index contributed by atoms with van der Waals surface area (Å²) in [5, 5.41) is 8.49. The van der Waals surface area contributed by atoms with E-state index in [2.05, 4.69) is 6.07 Å². The minimum absolute atomic E-state index is 0.143. The summed E-state index contributed by atoms with van der Waals surface area (Å²) in [6, 6.07) is 19.4. The second-order valence-corrected chi connectivity index (χ2v) is 7.21. The van der Waals surface area contributed by atoms with Crippen molar-refractivity contribution in [1.29, 1.82) is 5.26 Å². The molecular formula is C25H31NO3. The quantitative estimate of drug-likeness (QED) is 0.257. The van der Waals surface area contributed by atoms with Crippen LogP contribution < -0.4 is 4.74 Å². The zero-order valence-electron chi connectivity index (χ0n) is 17.1. The van der Waals surface area contributed by atoms with Crippen molar-refractivity contribution in [2.24, 2.45) is 0 Å². The van der Waals surface area contributed by atoms with E-state index in [0.29, 0.717) is 12.8 Å². The number of nitrogens with zero attached hydrogens (tertiary/aromatic N) is 1. The summed E-state index contributed by atoms with van der Waals surface area (Å²) in [5.74, 6) is 1.37. The van der Waals surface area contributed by atoms with Crippen LogP contribution in [0.2, 0.25) is 0 Å². The van der Waals surface area contributed by atoms with Crippen LogP contribution >= 0.6 is 0 Å². The number of carbonyl (C=O) groups is 1. The lowest BCUT2D eigenvalue weighted by atomic mass is 10.1. The Kier molecular flexibility index (Phi) is 11.0. The number of nitriles is 1. The average molecular weight is 394 g/mol. The van der Waals surface area contributed by atoms with Crippen molar-refractivity contribution in [3.05, 3.63) is 60.2 Å². The number of ether oxygens (including phenoxy) is 2. The third kappa shape index (κ3) is 10.4. The smallest absolute Gasteiger partial charge is 0.306 e. The maximum absolute atomic E-state index is 11.9. The van der Waals surface area contributed by atoms with Crippen LogP contribution in [0.15, 0.2) is 54.6 Å². The lowest BCUT2D eigenvalue weighted by molar-refractivity contribution is -0.145. The molecule has 0 unspecified atom stereocenters. The van der Waals surface area contributed by atoms with E-state index in [9.17, 15) is 4.79 Å². The lowest BCUT2D eigenvalue weighted by Crippen LogP contribution is -2.04. The van der Waals surface area contributed by atoms with Gasteiger partial charge in [0.1, 0.15) is 18.1 Å². The standard InChI is InChI=1S/C25H31NO3/c26-19-12-7-5-3-1-2-4-6-11-18-25(27)28-21-22-14-13-17-24(20-22)29-23-15-9-8-10-16-23/h8-10,13-17,20H,1-7,11-12,18,21H2. The average Bonchev–Trinajstić information content (AvgIpc) is 2.74. The highest BCUT2D eigenvalue weighted by atomic mass is 16.5. The molecule has 2 aromatic rings. The van der Waals surface area contributed by atoms with Crippen molar-refractivity contribution in [3.63, 3.8) is 0 Å². The summed E-state index contributed by atoms with van der Waals surface area (Å²) in [4.78, 5) is 11.9. The van der Waals surface area contributed by atoms with Crippen LogP contribution in [0.5, 0.6) is 11.5 Å². The number of para-hydroxylation sites is 1. The van der Waals surface area contributed by atoms with E-state index in [1.54, 1.807) is 0 Å². The largest absolute Gasteiger partial charge is 0.461 e. The van der Waals surface area contributed by atoms with Gasteiger partial charge in [-0.25, -0.2) is 0 Å². The molecule has 0 saturated carbocycles. The number of esters is 1. The van der Waals surface area contributed by atoms with E-state index >= 15 is 0 Å². The second-order valence-electron chi connectivity index (χ2n) is 7.21. The van der Waals surface area contributed by atoms with Crippen LogP contribution in [0.1, 0.15) is 69.8 Å². The van der Waals surface area contributed by atoms with E-state index in [1.807, 2.05) is 54.6 Å². The van der Waals surface area contributed by atoms with Crippen LogP contribution in [0.25, 0.3) is 0 Å². The third-order valence-corrected chi connectivity index (χ3v) is 4.70. The predicted octanol–water partition coefficient (Wildman–Crippen LogP) is 6.95. The van der Waals surface area contributed by atoms with Gasteiger partial charge in [0.15, 0.2) is 0 Å². The minimum Gasteiger partial charge on any atom is -0.461 e. The van der Waals surface area contributed by atoms with Gasteiger partial charge in [-0.3, -0.25) is 4.79 Å². The van der Waals surface area contributed by atoms with Crippen molar-refractivity contribution in [2.75, 3.05) is 0 Å². The van der Waals surface area contributed by atoms with E-state index in [-0.39, 0.29) is 12.6 Å². The van der Waals surface area contributed by atoms with Gasteiger partial charge >= 0.3 is 5.97 Å². The van der Waals surface area contributed by atoms with Crippen LogP contribution in [0.4, 0.5) is 0 Å². The summed E-state index contributed by atoms with van der Waals surface area (Å²) in [5.41, 5.74) is 0.920. The first-order valence-electron chi connectivity index (χ1n) is 10.6. The van der Waals surface area contributed by atoms with Crippen LogP contribution in [0.3, 0.4) is 0 Å². The first-order valence-corrected chi connectivity index (χ1v) is 10.6. The summed E-state index contributed by atoms with van der Waals surface area (Å²) >= 11 is 0. The SMILES string of the molecule is N#CCCCCCCCCCCC(=O)OCc1cccc(Oc2ccccc2)c1. The minimum atomic E-state index is -0.143. The summed E-state index contributed by atoms with van der Waals surface area (Å²) in [6.45, 7) is 0.271. The fourth-order valence-corrected chi connectivity index (χ4v) is 3.09. The van der Waals surface area contributed by atoms with E-state index in [0.717, 1.165) is 49.2 Å². The van der Waals surface area contributed by atoms with Gasteiger partial charge in [-0.15, -0.1) is 0 Å². The van der Waals surface area contributed by atoms with E-state index < -0.39 is 0 Å². The molecule has 0 aliphatic carbocycles. The fraction of sp³-hybridized carbons (Fsp3) is 0.440. The Morgan fingerprint density at radius 3 is 2.17 bits per heavy atom. The first-order chi connectivity index (χ1) is 14.3. The molecule has 4 heteroatoms. The normalized spacial score (nSPS) is 10.3. The Morgan fingerprint density at radius 2 is 1.45 bits per heavy atom. The van der Waals surface area contributed by atoms with Gasteiger partial charge in [-0.1, -0.05) is 68.9 Å². The molecule has 4 nitrogen and oxygen atoms in total. The maximum atomic E-state index is 11.9. The van der Waals surface area contributed by atoms with Gasteiger partial charge < -0.3 is 9.47 Å². The van der Waals surface area contributed by atoms with Crippen molar-refractivity contribution in [3.8, 4) is 17.6 Å². The Morgan fingerprint density at radius 1 is 0.793 bits per heavy atom. The first kappa shape index (κ1) is 22.5. The molecule has 0 atom stereocenters. The second kappa shape index (κ2) is 14.2. The molecule has 0 aliphatic heterocycles. The molecule has 0 aromatic heterocycles. The van der Waals surface area contributed by atoms with Crippen molar-refractivity contribution >= 4 is 5.97 Å². The molecule has 0 N–H and O–H groups in total. The molecule has 0 aliphatic rings. The highest BCUT2D eigenvalue weighted by Gasteiger charge is 2.05. The zero-order valence-corrected chi connectivity index (χ0v) is 17.1. The molecule has 0 fully saturated rings. The van der Waals surface area contributed by atoms with Crippen LogP contribution in [0, 0.1) is 11.3 Å². The highest BCUT2D eigenvalue weighted by molar-refractivity contribution is 5.69. The molecule has 154 valence electrons. The summed E-state index contributed by atoms with van der Waals surface area (Å²) < 4.78 is 11.2. The van der Waals surface area contributed by atoms with E-state index in [1.165, 1.54) is 19.3 Å². The molecule has 0 amide bonds. The molecule has 0 saturated heterocycles. The van der Waals surface area contributed by atoms with Crippen molar-refractivity contribution in [2.45, 2.75) is 70.8 Å². The van der Waals surface area contributed by atoms with Crippen molar-refractivity contribution in [1.82, 2.24) is 0 Å². The number of benzene rings is 2. The molecule has 0 radical (unpaired) electrons. The number of unbranched alkanes of at least 4 members (excludes halogenated alkanes) is 8. The van der Waals surface area contributed by atoms with Gasteiger partial charge in [0.25, 0.3) is 0 Å². The molecule has 0 bridgehead atoms. The molecule has 0 heterocycles. The Bertz CT molecular complexity index is 752. The van der Waals surface area contributed by atoms with Gasteiger partial charge in [0.2, 0.25) is 0 Å². The predicted molar refractivity (Wildman–Crippen MR) is 115 cm³/mol. The van der Waals surface area contributed by atoms with Gasteiger partial charge in [-0.05, 0) is 42.7 Å². The monoisotopic (exact) mass is 393 g/mol. The molecular weight excluding hydrogens is 362 g/mol. The Hall–Kier alpha value is -2.80. The lowest BCUT2D eigenvalue weighted by Gasteiger charge is -2.08. The number of hydrogen-bond donors (Lipinski definition) is 0. The number of carbonyl (C=O) groups excluding carboxylic acids is 1. The van der Waals surface area contributed by atoms with Crippen molar-refractivity contribution < 1.29 is 14.3 Å². The van der Waals surface area contributed by atoms with Gasteiger partial charge in [-0.2, -0.15) is 5.26 Å². The van der Waals surface area contributed by atoms with Gasteiger partial charge in [0.05, 0.1) is 6.07 Å².